The topological polar surface area (TPSA) is 54.6 Å². The Hall–Kier alpha value is -0.730. The van der Waals surface area contributed by atoms with Crippen LogP contribution in [0.25, 0.3) is 0 Å². The molecule has 0 saturated carbocycles. The van der Waals surface area contributed by atoms with E-state index in [0.717, 1.165) is 0 Å². The number of hydrogen-bond acceptors (Lipinski definition) is 1. The van der Waals surface area contributed by atoms with Crippen molar-refractivity contribution >= 4 is 6.47 Å². The Bertz CT molecular complexity index is 18.5. The van der Waals surface area contributed by atoms with Crippen molar-refractivity contribution in [3.05, 3.63) is 0 Å². The lowest BCUT2D eigenvalue weighted by Crippen LogP contribution is -1.94. The van der Waals surface area contributed by atoms with Crippen LogP contribution in [0.3, 0.4) is 0 Å². The summed E-state index contributed by atoms with van der Waals surface area (Å²) >= 11 is 0. The second-order valence-electron chi connectivity index (χ2n) is 0.202. The van der Waals surface area contributed by atoms with Crippen LogP contribution in [0.5, 0.6) is 0 Å². The Balaban J connectivity index is 2.55. The fraction of sp³-hybridized carbons (Fsp3) is 0. The molecule has 0 aromatic rings. The van der Waals surface area contributed by atoms with Crippen LogP contribution in [-0.2, 0) is 4.58 Å². The van der Waals surface area contributed by atoms with Gasteiger partial charge in [0, 0.05) is 0 Å². The summed E-state index contributed by atoms with van der Waals surface area (Å²) in [6.07, 6.45) is 0. The molecule has 0 saturated heterocycles. The van der Waals surface area contributed by atoms with Crippen molar-refractivity contribution in [3.8, 4) is 0 Å². The minimum absolute atomic E-state index is 0.0694. The average molecular weight is 62.0 g/mol. The van der Waals surface area contributed by atoms with E-state index < -0.39 is 0 Å². The smallest absolute Gasteiger partial charge is 0.483 e. The minimum Gasteiger partial charge on any atom is -0.588 e. The molecular formula is CH2O3. The minimum atomic E-state index is 0.0694. The first-order valence-electron chi connectivity index (χ1n) is 0.661. The maximum absolute atomic E-state index is 8.49. The summed E-state index contributed by atoms with van der Waals surface area (Å²) in [5, 5.41) is 15.7. The molecule has 0 atom stereocenters. The van der Waals surface area contributed by atoms with Gasteiger partial charge in [0.1, 0.15) is 0 Å². The molecule has 24 valence electrons. The van der Waals surface area contributed by atoms with E-state index in [-0.39, 0.29) is 6.47 Å². The van der Waals surface area contributed by atoms with Gasteiger partial charge >= 0.3 is 6.47 Å². The summed E-state index contributed by atoms with van der Waals surface area (Å²) in [4.78, 5) is 0. The quantitative estimate of drug-likeness (QED) is 0.161. The van der Waals surface area contributed by atoms with E-state index in [1.807, 2.05) is 0 Å². The van der Waals surface area contributed by atoms with Crippen molar-refractivity contribution in [3.63, 3.8) is 0 Å². The van der Waals surface area contributed by atoms with Gasteiger partial charge < -0.3 is 10.4 Å². The van der Waals surface area contributed by atoms with Gasteiger partial charge in [-0.2, -0.15) is 0 Å². The van der Waals surface area contributed by atoms with Crippen LogP contribution in [0.1, 0.15) is 0 Å². The van der Waals surface area contributed by atoms with Crippen LogP contribution in [0.4, 0.5) is 0 Å². The van der Waals surface area contributed by atoms with E-state index in [9.17, 15) is 0 Å². The summed E-state index contributed by atoms with van der Waals surface area (Å²) in [7, 11) is 0. The van der Waals surface area contributed by atoms with Crippen LogP contribution in [-0.4, -0.2) is 11.6 Å². The maximum atomic E-state index is 8.49. The van der Waals surface area contributed by atoms with Gasteiger partial charge in [0.15, 0.2) is 0 Å². The Kier molecular flexibility index (Phi) is 1.86. The van der Waals surface area contributed by atoms with Gasteiger partial charge in [-0.05, 0) is 0 Å². The molecule has 0 amide bonds. The van der Waals surface area contributed by atoms with Gasteiger partial charge in [0.05, 0.1) is 0 Å². The van der Waals surface area contributed by atoms with Crippen molar-refractivity contribution < 1.29 is 14.9 Å². The molecule has 0 spiro atoms. The fourth-order valence-electron chi connectivity index (χ4n) is 0. The lowest BCUT2D eigenvalue weighted by Gasteiger charge is -1.62. The van der Waals surface area contributed by atoms with Crippen molar-refractivity contribution in [2.45, 2.75) is 0 Å². The van der Waals surface area contributed by atoms with Gasteiger partial charge in [-0.3, -0.25) is 4.58 Å². The van der Waals surface area contributed by atoms with E-state index in [1.54, 1.807) is 0 Å². The molecule has 4 heavy (non-hydrogen) atoms. The van der Waals surface area contributed by atoms with Gasteiger partial charge in [-0.1, -0.05) is 0 Å². The highest BCUT2D eigenvalue weighted by Gasteiger charge is 1.45. The molecule has 0 radical (unpaired) electrons. The molecule has 0 aromatic heterocycles. The Morgan fingerprint density at radius 1 is 2.00 bits per heavy atom. The molecule has 1 N–H and O–H groups in total. The van der Waals surface area contributed by atoms with E-state index in [4.69, 9.17) is 10.4 Å². The molecule has 0 bridgehead atoms. The average Bonchev–Trinajstić information content (AvgIpc) is 1.37. The summed E-state index contributed by atoms with van der Waals surface area (Å²) in [6.45, 7) is 0.0694. The normalized spacial score (nSPS) is 9.00. The van der Waals surface area contributed by atoms with Crippen molar-refractivity contribution in [1.82, 2.24) is 0 Å². The lowest BCUT2D eigenvalue weighted by molar-refractivity contribution is -1.05. The van der Waals surface area contributed by atoms with Gasteiger partial charge in [-0.25, -0.2) is 0 Å². The second kappa shape index (κ2) is 2.27. The SMILES string of the molecule is [O-][O+]=CO. The van der Waals surface area contributed by atoms with Crippen LogP contribution in [0, 0.1) is 0 Å². The van der Waals surface area contributed by atoms with Crippen LogP contribution in [0.15, 0.2) is 0 Å². The first-order valence-corrected chi connectivity index (χ1v) is 0.661. The third-order valence-electron chi connectivity index (χ3n) is 0.0430. The zero-order valence-electron chi connectivity index (χ0n) is 1.84. The predicted octanol–water partition coefficient (Wildman–Crippen LogP) is -1.49. The van der Waals surface area contributed by atoms with Gasteiger partial charge in [0.25, 0.3) is 0 Å². The molecule has 0 rings (SSSR count). The van der Waals surface area contributed by atoms with Crippen molar-refractivity contribution in [1.29, 1.82) is 0 Å². The Morgan fingerprint density at radius 3 is 2.25 bits per heavy atom. The molecule has 0 aliphatic heterocycles. The van der Waals surface area contributed by atoms with E-state index in [0.29, 0.717) is 0 Å². The zero-order valence-corrected chi connectivity index (χ0v) is 1.84. The van der Waals surface area contributed by atoms with Crippen molar-refractivity contribution in [2.75, 3.05) is 0 Å². The highest BCUT2D eigenvalue weighted by Crippen LogP contribution is 1.08. The number of aliphatic hydroxyl groups excluding tert-OH is 1. The molecule has 0 aromatic carbocycles. The van der Waals surface area contributed by atoms with Crippen LogP contribution >= 0.6 is 0 Å². The third-order valence-corrected chi connectivity index (χ3v) is 0.0430. The number of hydrogen-bond donors (Lipinski definition) is 1. The summed E-state index contributed by atoms with van der Waals surface area (Å²) in [6, 6.07) is 0. The van der Waals surface area contributed by atoms with E-state index in [1.165, 1.54) is 0 Å². The molecule has 3 nitrogen and oxygen atoms in total. The summed E-state index contributed by atoms with van der Waals surface area (Å²) < 4.78 is 2.72. The molecule has 0 aliphatic carbocycles. The molecule has 0 heterocycles. The fourth-order valence-corrected chi connectivity index (χ4v) is 0. The van der Waals surface area contributed by atoms with Gasteiger partial charge in [-0.15, -0.1) is 0 Å². The Labute approximate surface area is 22.7 Å². The molecule has 3 heteroatoms. The molecular weight excluding hydrogens is 60.0 g/mol. The number of rotatable bonds is 0. The molecule has 0 unspecified atom stereocenters. The predicted molar refractivity (Wildman–Crippen MR) is 8.69 cm³/mol. The summed E-state index contributed by atoms with van der Waals surface area (Å²) in [5.74, 6) is 0. The van der Waals surface area contributed by atoms with Gasteiger partial charge in [0.2, 0.25) is 0 Å². The van der Waals surface area contributed by atoms with Crippen LogP contribution in [0.2, 0.25) is 0 Å². The largest absolute Gasteiger partial charge is 0.588 e. The second-order valence-corrected chi connectivity index (χ2v) is 0.202. The number of carboxylic acid groups (broad SMARTS) is 1. The first-order chi connectivity index (χ1) is 1.91. The molecule has 0 fully saturated rings. The van der Waals surface area contributed by atoms with E-state index >= 15 is 0 Å². The lowest BCUT2D eigenvalue weighted by atomic mass is 11.7. The van der Waals surface area contributed by atoms with E-state index in [2.05, 4.69) is 4.58 Å². The first kappa shape index (κ1) is 3.27. The van der Waals surface area contributed by atoms with Crippen LogP contribution < -0.4 is 5.26 Å². The highest BCUT2D eigenvalue weighted by molar-refractivity contribution is 5.33. The monoisotopic (exact) mass is 62.0 g/mol. The summed E-state index contributed by atoms with van der Waals surface area (Å²) in [5.41, 5.74) is 0. The van der Waals surface area contributed by atoms with Crippen molar-refractivity contribution in [2.24, 2.45) is 0 Å². The highest BCUT2D eigenvalue weighted by atomic mass is 17.1. The zero-order chi connectivity index (χ0) is 3.41. The maximum Gasteiger partial charge on any atom is 0.483 e. The Morgan fingerprint density at radius 2 is 2.25 bits per heavy atom. The third kappa shape index (κ3) is 1.27. The standard InChI is InChI=1S/CH2O3/c2-1-4-3/h1-2H. The molecule has 0 aliphatic rings.